The van der Waals surface area contributed by atoms with Gasteiger partial charge >= 0.3 is 0 Å². The van der Waals surface area contributed by atoms with Gasteiger partial charge in [-0.3, -0.25) is 9.89 Å². The molecule has 0 unspecified atom stereocenters. The summed E-state index contributed by atoms with van der Waals surface area (Å²) in [4.78, 5) is 17.6. The number of likely N-dealkylation sites (tertiary alicyclic amines) is 1. The van der Waals surface area contributed by atoms with Crippen LogP contribution in [0, 0.1) is 13.8 Å². The third-order valence-electron chi connectivity index (χ3n) is 3.91. The molecule has 2 N–H and O–H groups in total. The highest BCUT2D eigenvalue weighted by Crippen LogP contribution is 2.35. The number of carbonyl (C=O) groups excluding carboxylic acids is 1. The van der Waals surface area contributed by atoms with E-state index in [9.17, 15) is 4.79 Å². The highest BCUT2D eigenvalue weighted by Gasteiger charge is 2.33. The Morgan fingerprint density at radius 2 is 2.30 bits per heavy atom. The largest absolute Gasteiger partial charge is 0.356 e. The Morgan fingerprint density at radius 1 is 1.50 bits per heavy atom. The van der Waals surface area contributed by atoms with E-state index in [-0.39, 0.29) is 11.9 Å². The van der Waals surface area contributed by atoms with Crippen LogP contribution in [0.5, 0.6) is 0 Å². The number of aromatic amines is 2. The zero-order chi connectivity index (χ0) is 14.3. The summed E-state index contributed by atoms with van der Waals surface area (Å²) in [6.07, 6.45) is 3.81. The molecule has 106 valence electrons. The van der Waals surface area contributed by atoms with Gasteiger partial charge in [-0.15, -0.1) is 0 Å². The summed E-state index contributed by atoms with van der Waals surface area (Å²) in [5.74, 6) is 0.0539. The fraction of sp³-hybridized carbons (Fsp3) is 0.429. The third-order valence-corrected chi connectivity index (χ3v) is 4.37. The molecule has 1 aliphatic rings. The second-order valence-electron chi connectivity index (χ2n) is 5.24. The van der Waals surface area contributed by atoms with Crippen LogP contribution >= 0.6 is 15.9 Å². The van der Waals surface area contributed by atoms with Gasteiger partial charge in [-0.1, -0.05) is 0 Å². The molecule has 0 radical (unpaired) electrons. The Balaban J connectivity index is 1.91. The number of rotatable bonds is 2. The number of aryl methyl sites for hydroxylation is 2. The summed E-state index contributed by atoms with van der Waals surface area (Å²) < 4.78 is 0.896. The van der Waals surface area contributed by atoms with Crippen LogP contribution in [0.25, 0.3) is 0 Å². The molecule has 0 aliphatic carbocycles. The maximum Gasteiger partial charge on any atom is 0.270 e. The van der Waals surface area contributed by atoms with Crippen molar-refractivity contribution in [3.05, 3.63) is 39.4 Å². The number of aromatic nitrogens is 3. The van der Waals surface area contributed by atoms with E-state index in [1.54, 1.807) is 6.20 Å². The average molecular weight is 337 g/mol. The summed E-state index contributed by atoms with van der Waals surface area (Å²) in [5, 5.41) is 7.27. The number of carbonyl (C=O) groups is 1. The molecule has 1 aliphatic heterocycles. The number of hydrogen-bond donors (Lipinski definition) is 2. The molecule has 1 amide bonds. The van der Waals surface area contributed by atoms with Gasteiger partial charge in [-0.25, -0.2) is 0 Å². The molecule has 0 saturated carbocycles. The fourth-order valence-corrected chi connectivity index (χ4v) is 3.35. The number of nitrogens with one attached hydrogen (secondary N) is 2. The van der Waals surface area contributed by atoms with Gasteiger partial charge in [-0.05, 0) is 48.7 Å². The topological polar surface area (TPSA) is 64.8 Å². The first kappa shape index (κ1) is 13.4. The Hall–Kier alpha value is -1.56. The zero-order valence-corrected chi connectivity index (χ0v) is 13.1. The molecule has 0 aromatic carbocycles. The van der Waals surface area contributed by atoms with Crippen molar-refractivity contribution in [1.29, 1.82) is 0 Å². The van der Waals surface area contributed by atoms with Crippen molar-refractivity contribution in [2.75, 3.05) is 6.54 Å². The average Bonchev–Trinajstić information content (AvgIpc) is 3.10. The van der Waals surface area contributed by atoms with E-state index in [0.29, 0.717) is 5.69 Å². The van der Waals surface area contributed by atoms with Crippen LogP contribution in [-0.4, -0.2) is 32.5 Å². The summed E-state index contributed by atoms with van der Waals surface area (Å²) in [5.41, 5.74) is 3.84. The molecular formula is C14H17BrN4O. The lowest BCUT2D eigenvalue weighted by Gasteiger charge is -2.24. The van der Waals surface area contributed by atoms with E-state index in [2.05, 4.69) is 31.1 Å². The highest BCUT2D eigenvalue weighted by atomic mass is 79.9. The van der Waals surface area contributed by atoms with Crippen LogP contribution in [0.4, 0.5) is 0 Å². The van der Waals surface area contributed by atoms with Crippen LogP contribution in [0.1, 0.15) is 46.3 Å². The lowest BCUT2D eigenvalue weighted by molar-refractivity contribution is 0.0730. The number of halogens is 1. The number of nitrogens with zero attached hydrogens (tertiary/aromatic N) is 2. The standard InChI is InChI=1S/C14H17BrN4O/c1-8-13(9(2)18-17-8)12-4-3-5-19(12)14(20)11-6-10(15)7-16-11/h6-7,12,16H,3-5H2,1-2H3,(H,17,18)/t12-/m0/s1. The zero-order valence-electron chi connectivity index (χ0n) is 11.5. The van der Waals surface area contributed by atoms with Crippen molar-refractivity contribution < 1.29 is 4.79 Å². The monoisotopic (exact) mass is 336 g/mol. The van der Waals surface area contributed by atoms with Crippen LogP contribution in [0.15, 0.2) is 16.7 Å². The molecule has 1 fully saturated rings. The molecule has 1 atom stereocenters. The summed E-state index contributed by atoms with van der Waals surface area (Å²) in [6.45, 7) is 4.80. The molecule has 5 nitrogen and oxygen atoms in total. The minimum atomic E-state index is 0.0539. The van der Waals surface area contributed by atoms with Crippen molar-refractivity contribution in [3.63, 3.8) is 0 Å². The van der Waals surface area contributed by atoms with Gasteiger partial charge in [0.05, 0.1) is 11.7 Å². The third kappa shape index (κ3) is 2.18. The molecule has 2 aromatic rings. The lowest BCUT2D eigenvalue weighted by Crippen LogP contribution is -2.31. The highest BCUT2D eigenvalue weighted by molar-refractivity contribution is 9.10. The molecule has 2 aromatic heterocycles. The first-order chi connectivity index (χ1) is 9.58. The maximum atomic E-state index is 12.6. The van der Waals surface area contributed by atoms with Gasteiger partial charge in [0.2, 0.25) is 0 Å². The van der Waals surface area contributed by atoms with E-state index in [4.69, 9.17) is 0 Å². The van der Waals surface area contributed by atoms with Crippen molar-refractivity contribution in [1.82, 2.24) is 20.1 Å². The Morgan fingerprint density at radius 3 is 2.90 bits per heavy atom. The van der Waals surface area contributed by atoms with Crippen LogP contribution in [0.2, 0.25) is 0 Å². The second kappa shape index (κ2) is 5.09. The van der Waals surface area contributed by atoms with Gasteiger partial charge in [-0.2, -0.15) is 5.10 Å². The number of H-pyrrole nitrogens is 2. The first-order valence-corrected chi connectivity index (χ1v) is 7.53. The quantitative estimate of drug-likeness (QED) is 0.884. The molecule has 6 heteroatoms. The number of hydrogen-bond acceptors (Lipinski definition) is 2. The molecule has 3 rings (SSSR count). The summed E-state index contributed by atoms with van der Waals surface area (Å²) in [7, 11) is 0. The maximum absolute atomic E-state index is 12.6. The predicted molar refractivity (Wildman–Crippen MR) is 79.6 cm³/mol. The minimum absolute atomic E-state index is 0.0539. The van der Waals surface area contributed by atoms with Crippen LogP contribution < -0.4 is 0 Å². The molecule has 20 heavy (non-hydrogen) atoms. The van der Waals surface area contributed by atoms with Gasteiger partial charge < -0.3 is 9.88 Å². The smallest absolute Gasteiger partial charge is 0.270 e. The lowest BCUT2D eigenvalue weighted by atomic mass is 10.0. The molecule has 0 spiro atoms. The van der Waals surface area contributed by atoms with Gasteiger partial charge in [0.15, 0.2) is 0 Å². The van der Waals surface area contributed by atoms with Crippen LogP contribution in [0.3, 0.4) is 0 Å². The fourth-order valence-electron chi connectivity index (χ4n) is 3.01. The Labute approximate surface area is 125 Å². The van der Waals surface area contributed by atoms with Crippen molar-refractivity contribution >= 4 is 21.8 Å². The van der Waals surface area contributed by atoms with E-state index >= 15 is 0 Å². The summed E-state index contributed by atoms with van der Waals surface area (Å²) in [6, 6.07) is 1.95. The van der Waals surface area contributed by atoms with E-state index in [0.717, 1.165) is 35.2 Å². The van der Waals surface area contributed by atoms with E-state index < -0.39 is 0 Å². The van der Waals surface area contributed by atoms with E-state index in [1.165, 1.54) is 5.56 Å². The Bertz CT molecular complexity index is 626. The van der Waals surface area contributed by atoms with Gasteiger partial charge in [0.1, 0.15) is 5.69 Å². The SMILES string of the molecule is Cc1n[nH]c(C)c1[C@@H]1CCCN1C(=O)c1cc(Br)c[nH]1. The first-order valence-electron chi connectivity index (χ1n) is 6.74. The normalized spacial score (nSPS) is 18.8. The minimum Gasteiger partial charge on any atom is -0.356 e. The van der Waals surface area contributed by atoms with Gasteiger partial charge in [0.25, 0.3) is 5.91 Å². The Kier molecular flexibility index (Phi) is 3.41. The molecule has 1 saturated heterocycles. The molecule has 0 bridgehead atoms. The second-order valence-corrected chi connectivity index (χ2v) is 6.15. The summed E-state index contributed by atoms with van der Waals surface area (Å²) >= 11 is 3.37. The van der Waals surface area contributed by atoms with Gasteiger partial charge in [0, 0.05) is 28.5 Å². The van der Waals surface area contributed by atoms with E-state index in [1.807, 2.05) is 24.8 Å². The molecule has 3 heterocycles. The number of amides is 1. The predicted octanol–water partition coefficient (Wildman–Crippen LogP) is 3.09. The molecular weight excluding hydrogens is 320 g/mol. The van der Waals surface area contributed by atoms with Crippen molar-refractivity contribution in [2.45, 2.75) is 32.7 Å². The van der Waals surface area contributed by atoms with Crippen molar-refractivity contribution in [2.24, 2.45) is 0 Å². The van der Waals surface area contributed by atoms with Crippen LogP contribution in [-0.2, 0) is 0 Å². The van der Waals surface area contributed by atoms with Crippen molar-refractivity contribution in [3.8, 4) is 0 Å².